The fourth-order valence-electron chi connectivity index (χ4n) is 1.80. The molecule has 3 heteroatoms. The molecule has 0 bridgehead atoms. The van der Waals surface area contributed by atoms with Crippen molar-refractivity contribution in [2.24, 2.45) is 0 Å². The second kappa shape index (κ2) is 4.00. The van der Waals surface area contributed by atoms with Gasteiger partial charge in [-0.05, 0) is 12.5 Å². The van der Waals surface area contributed by atoms with Crippen LogP contribution in [-0.2, 0) is 0 Å². The lowest BCUT2D eigenvalue weighted by Crippen LogP contribution is -1.92. The van der Waals surface area contributed by atoms with Crippen LogP contribution < -0.4 is 5.73 Å². The number of hydrogen-bond donors (Lipinski definition) is 1. The summed E-state index contributed by atoms with van der Waals surface area (Å²) in [7, 11) is 0. The minimum Gasteiger partial charge on any atom is -0.380 e. The quantitative estimate of drug-likeness (QED) is 0.837. The van der Waals surface area contributed by atoms with Crippen molar-refractivity contribution in [3.8, 4) is 11.1 Å². The van der Waals surface area contributed by atoms with Gasteiger partial charge in [-0.1, -0.05) is 48.8 Å². The van der Waals surface area contributed by atoms with E-state index in [1.807, 2.05) is 12.1 Å². The van der Waals surface area contributed by atoms with E-state index in [2.05, 4.69) is 38.1 Å². The number of aryl methyl sites for hydroxylation is 1. The van der Waals surface area contributed by atoms with Crippen LogP contribution in [0.5, 0.6) is 0 Å². The molecule has 0 unspecified atom stereocenters. The monoisotopic (exact) mass is 216 g/mol. The van der Waals surface area contributed by atoms with Gasteiger partial charge in [0.05, 0.1) is 5.56 Å². The molecule has 0 amide bonds. The Hall–Kier alpha value is -1.77. The highest BCUT2D eigenvalue weighted by molar-refractivity contribution is 5.76. The Labute approximate surface area is 95.3 Å². The molecule has 2 N–H and O–H groups in total. The summed E-state index contributed by atoms with van der Waals surface area (Å²) in [4.78, 5) is 0. The molecule has 84 valence electrons. The molecule has 16 heavy (non-hydrogen) atoms. The molecule has 0 atom stereocenters. The summed E-state index contributed by atoms with van der Waals surface area (Å²) < 4.78 is 5.28. The van der Waals surface area contributed by atoms with Crippen molar-refractivity contribution in [1.82, 2.24) is 5.16 Å². The number of nitrogen functional groups attached to an aromatic ring is 1. The van der Waals surface area contributed by atoms with Gasteiger partial charge >= 0.3 is 0 Å². The molecule has 2 aromatic rings. The van der Waals surface area contributed by atoms with Crippen LogP contribution in [0.3, 0.4) is 0 Å². The number of nitrogens with zero attached hydrogens (tertiary/aromatic N) is 1. The maximum Gasteiger partial charge on any atom is 0.175 e. The minimum atomic E-state index is 0.278. The number of rotatable bonds is 2. The smallest absolute Gasteiger partial charge is 0.175 e. The summed E-state index contributed by atoms with van der Waals surface area (Å²) in [5, 5.41) is 3.85. The molecule has 0 saturated heterocycles. The summed E-state index contributed by atoms with van der Waals surface area (Å²) in [6.45, 7) is 6.20. The van der Waals surface area contributed by atoms with Gasteiger partial charge in [-0.3, -0.25) is 0 Å². The van der Waals surface area contributed by atoms with Crippen LogP contribution in [0.25, 0.3) is 11.1 Å². The molecule has 1 aromatic carbocycles. The molecule has 0 saturated carbocycles. The summed E-state index contributed by atoms with van der Waals surface area (Å²) >= 11 is 0. The van der Waals surface area contributed by atoms with Crippen LogP contribution in [-0.4, -0.2) is 5.16 Å². The topological polar surface area (TPSA) is 52.0 Å². The fraction of sp³-hybridized carbons (Fsp3) is 0.308. The lowest BCUT2D eigenvalue weighted by Gasteiger charge is -2.05. The molecule has 3 nitrogen and oxygen atoms in total. The van der Waals surface area contributed by atoms with E-state index in [1.54, 1.807) is 0 Å². The van der Waals surface area contributed by atoms with E-state index >= 15 is 0 Å². The van der Waals surface area contributed by atoms with E-state index in [1.165, 1.54) is 5.56 Å². The fourth-order valence-corrected chi connectivity index (χ4v) is 1.80. The molecule has 1 aromatic heterocycles. The maximum absolute atomic E-state index is 5.86. The van der Waals surface area contributed by atoms with E-state index in [-0.39, 0.29) is 5.92 Å². The number of aromatic nitrogens is 1. The van der Waals surface area contributed by atoms with Crippen LogP contribution in [0.4, 0.5) is 5.82 Å². The van der Waals surface area contributed by atoms with E-state index in [9.17, 15) is 0 Å². The Morgan fingerprint density at radius 1 is 1.31 bits per heavy atom. The first kappa shape index (κ1) is 10.7. The van der Waals surface area contributed by atoms with Crippen LogP contribution in [0.15, 0.2) is 28.8 Å². The normalized spacial score (nSPS) is 11.0. The van der Waals surface area contributed by atoms with Gasteiger partial charge in [0.1, 0.15) is 5.76 Å². The zero-order valence-electron chi connectivity index (χ0n) is 9.82. The van der Waals surface area contributed by atoms with E-state index < -0.39 is 0 Å². The van der Waals surface area contributed by atoms with Crippen molar-refractivity contribution in [3.05, 3.63) is 35.6 Å². The number of benzene rings is 1. The third-order valence-corrected chi connectivity index (χ3v) is 2.58. The second-order valence-corrected chi connectivity index (χ2v) is 4.33. The predicted molar refractivity (Wildman–Crippen MR) is 65.2 cm³/mol. The largest absolute Gasteiger partial charge is 0.380 e. The first-order chi connectivity index (χ1) is 7.59. The molecule has 0 radical (unpaired) electrons. The highest BCUT2D eigenvalue weighted by Gasteiger charge is 2.18. The molecule has 0 aliphatic rings. The average Bonchev–Trinajstić information content (AvgIpc) is 2.60. The zero-order chi connectivity index (χ0) is 11.7. The molecule has 2 rings (SSSR count). The SMILES string of the molecule is Cc1cccc(-c2c(N)noc2C(C)C)c1. The van der Waals surface area contributed by atoms with Crippen LogP contribution in [0, 0.1) is 6.92 Å². The van der Waals surface area contributed by atoms with Gasteiger partial charge in [0.25, 0.3) is 0 Å². The van der Waals surface area contributed by atoms with Gasteiger partial charge in [-0.15, -0.1) is 0 Å². The standard InChI is InChI=1S/C13H16N2O/c1-8(2)12-11(13(14)15-16-12)10-6-4-5-9(3)7-10/h4-8H,1-3H3,(H2,14,15). The van der Waals surface area contributed by atoms with Gasteiger partial charge in [0.2, 0.25) is 0 Å². The van der Waals surface area contributed by atoms with E-state index in [4.69, 9.17) is 10.3 Å². The Kier molecular flexibility index (Phi) is 2.69. The number of nitrogens with two attached hydrogens (primary N) is 1. The highest BCUT2D eigenvalue weighted by Crippen LogP contribution is 2.34. The second-order valence-electron chi connectivity index (χ2n) is 4.33. The van der Waals surface area contributed by atoms with Crippen molar-refractivity contribution >= 4 is 5.82 Å². The van der Waals surface area contributed by atoms with Gasteiger partial charge < -0.3 is 10.3 Å². The number of anilines is 1. The average molecular weight is 216 g/mol. The van der Waals surface area contributed by atoms with Crippen LogP contribution >= 0.6 is 0 Å². The molecule has 1 heterocycles. The zero-order valence-corrected chi connectivity index (χ0v) is 9.82. The molecule has 0 fully saturated rings. The summed E-state index contributed by atoms with van der Waals surface area (Å²) in [6, 6.07) is 8.19. The Morgan fingerprint density at radius 3 is 2.69 bits per heavy atom. The molecule has 0 aliphatic carbocycles. The van der Waals surface area contributed by atoms with Gasteiger partial charge in [0.15, 0.2) is 5.82 Å². The highest BCUT2D eigenvalue weighted by atomic mass is 16.5. The molecule has 0 spiro atoms. The third kappa shape index (κ3) is 1.81. The van der Waals surface area contributed by atoms with E-state index in [0.717, 1.165) is 16.9 Å². The first-order valence-electron chi connectivity index (χ1n) is 5.41. The molecular formula is C13H16N2O. The third-order valence-electron chi connectivity index (χ3n) is 2.58. The van der Waals surface area contributed by atoms with Crippen molar-refractivity contribution in [2.75, 3.05) is 5.73 Å². The van der Waals surface area contributed by atoms with Gasteiger partial charge in [0, 0.05) is 5.92 Å². The van der Waals surface area contributed by atoms with Crippen LogP contribution in [0.2, 0.25) is 0 Å². The maximum atomic E-state index is 5.86. The summed E-state index contributed by atoms with van der Waals surface area (Å²) in [6.07, 6.45) is 0. The lowest BCUT2D eigenvalue weighted by atomic mass is 9.99. The Bertz CT molecular complexity index is 500. The molecular weight excluding hydrogens is 200 g/mol. The predicted octanol–water partition coefficient (Wildman–Crippen LogP) is 3.36. The molecule has 0 aliphatic heterocycles. The van der Waals surface area contributed by atoms with Gasteiger partial charge in [-0.25, -0.2) is 0 Å². The first-order valence-corrected chi connectivity index (χ1v) is 5.41. The van der Waals surface area contributed by atoms with Gasteiger partial charge in [-0.2, -0.15) is 0 Å². The Morgan fingerprint density at radius 2 is 2.06 bits per heavy atom. The minimum absolute atomic E-state index is 0.278. The van der Waals surface area contributed by atoms with E-state index in [0.29, 0.717) is 5.82 Å². The van der Waals surface area contributed by atoms with Crippen LogP contribution in [0.1, 0.15) is 31.1 Å². The van der Waals surface area contributed by atoms with Crippen molar-refractivity contribution in [2.45, 2.75) is 26.7 Å². The van der Waals surface area contributed by atoms with Crippen molar-refractivity contribution in [1.29, 1.82) is 0 Å². The summed E-state index contributed by atoms with van der Waals surface area (Å²) in [5.74, 6) is 1.60. The summed E-state index contributed by atoms with van der Waals surface area (Å²) in [5.41, 5.74) is 9.06. The lowest BCUT2D eigenvalue weighted by molar-refractivity contribution is 0.374. The Balaban J connectivity index is 2.59. The van der Waals surface area contributed by atoms with Crippen molar-refractivity contribution < 1.29 is 4.52 Å². The van der Waals surface area contributed by atoms with Crippen molar-refractivity contribution in [3.63, 3.8) is 0 Å². The number of hydrogen-bond acceptors (Lipinski definition) is 3.